The SMILES string of the molecule is Cn1cc(NC(=O)c2cccc(-c3ccnc(NCC4CC4)c3)n2)c(C(=O)NCCN=CCC=N)n1. The summed E-state index contributed by atoms with van der Waals surface area (Å²) in [7, 11) is 1.67. The Morgan fingerprint density at radius 3 is 2.92 bits per heavy atom. The van der Waals surface area contributed by atoms with Gasteiger partial charge < -0.3 is 21.4 Å². The average molecular weight is 488 g/mol. The molecule has 1 fully saturated rings. The lowest BCUT2D eigenvalue weighted by molar-refractivity contribution is 0.0950. The fourth-order valence-electron chi connectivity index (χ4n) is 3.45. The molecule has 0 radical (unpaired) electrons. The monoisotopic (exact) mass is 487 g/mol. The lowest BCUT2D eigenvalue weighted by Crippen LogP contribution is -2.28. The van der Waals surface area contributed by atoms with E-state index >= 15 is 0 Å². The molecule has 3 aromatic heterocycles. The number of aromatic nitrogens is 4. The van der Waals surface area contributed by atoms with Crippen molar-refractivity contribution in [3.8, 4) is 11.3 Å². The molecule has 4 N–H and O–H groups in total. The molecule has 2 amide bonds. The van der Waals surface area contributed by atoms with Gasteiger partial charge in [-0.05, 0) is 43.0 Å². The van der Waals surface area contributed by atoms with Gasteiger partial charge in [-0.1, -0.05) is 6.07 Å². The molecule has 3 heterocycles. The van der Waals surface area contributed by atoms with Crippen LogP contribution in [0.5, 0.6) is 0 Å². The molecule has 36 heavy (non-hydrogen) atoms. The first-order valence-electron chi connectivity index (χ1n) is 11.8. The van der Waals surface area contributed by atoms with Crippen molar-refractivity contribution >= 4 is 35.7 Å². The van der Waals surface area contributed by atoms with E-state index in [1.807, 2.05) is 18.2 Å². The molecule has 11 heteroatoms. The van der Waals surface area contributed by atoms with Crippen molar-refractivity contribution < 1.29 is 9.59 Å². The van der Waals surface area contributed by atoms with Crippen molar-refractivity contribution in [2.45, 2.75) is 19.3 Å². The van der Waals surface area contributed by atoms with E-state index in [2.05, 4.69) is 36.0 Å². The molecule has 0 aliphatic heterocycles. The van der Waals surface area contributed by atoms with Gasteiger partial charge in [-0.2, -0.15) is 5.10 Å². The van der Waals surface area contributed by atoms with Crippen LogP contribution in [-0.4, -0.2) is 63.6 Å². The zero-order valence-corrected chi connectivity index (χ0v) is 20.1. The predicted molar refractivity (Wildman–Crippen MR) is 139 cm³/mol. The Kier molecular flexibility index (Phi) is 8.12. The molecular formula is C25H29N9O2. The van der Waals surface area contributed by atoms with Crippen molar-refractivity contribution in [2.75, 3.05) is 30.3 Å². The summed E-state index contributed by atoms with van der Waals surface area (Å²) in [4.78, 5) is 38.6. The minimum absolute atomic E-state index is 0.103. The molecule has 1 aliphatic carbocycles. The number of aliphatic imine (C=N–C) groups is 1. The number of carbonyl (C=O) groups excluding carboxylic acids is 2. The van der Waals surface area contributed by atoms with Crippen LogP contribution < -0.4 is 16.0 Å². The second-order valence-electron chi connectivity index (χ2n) is 8.47. The number of nitrogens with zero attached hydrogens (tertiary/aromatic N) is 5. The van der Waals surface area contributed by atoms with Crippen molar-refractivity contribution in [3.63, 3.8) is 0 Å². The Labute approximate surface area is 209 Å². The third kappa shape index (κ3) is 6.81. The Morgan fingerprint density at radius 1 is 1.25 bits per heavy atom. The number of anilines is 2. The molecule has 0 atom stereocenters. The Bertz CT molecular complexity index is 1260. The van der Waals surface area contributed by atoms with E-state index in [0.717, 1.165) is 23.8 Å². The highest BCUT2D eigenvalue weighted by Gasteiger charge is 2.21. The molecule has 0 bridgehead atoms. The smallest absolute Gasteiger partial charge is 0.274 e. The third-order valence-corrected chi connectivity index (χ3v) is 5.48. The zero-order valence-electron chi connectivity index (χ0n) is 20.1. The minimum atomic E-state index is -0.448. The third-order valence-electron chi connectivity index (χ3n) is 5.48. The highest BCUT2D eigenvalue weighted by atomic mass is 16.2. The van der Waals surface area contributed by atoms with Gasteiger partial charge >= 0.3 is 0 Å². The largest absolute Gasteiger partial charge is 0.370 e. The number of rotatable bonds is 12. The van der Waals surface area contributed by atoms with Crippen LogP contribution in [0, 0.1) is 11.3 Å². The minimum Gasteiger partial charge on any atom is -0.370 e. The molecule has 11 nitrogen and oxygen atoms in total. The van der Waals surface area contributed by atoms with Crippen LogP contribution >= 0.6 is 0 Å². The first-order valence-corrected chi connectivity index (χ1v) is 11.8. The summed E-state index contributed by atoms with van der Waals surface area (Å²) in [5, 5.41) is 20.0. The van der Waals surface area contributed by atoms with Crippen LogP contribution in [0.4, 0.5) is 11.5 Å². The second-order valence-corrected chi connectivity index (χ2v) is 8.47. The molecule has 186 valence electrons. The summed E-state index contributed by atoms with van der Waals surface area (Å²) in [5.74, 6) is 0.642. The van der Waals surface area contributed by atoms with Gasteiger partial charge in [-0.25, -0.2) is 9.97 Å². The number of amides is 2. The van der Waals surface area contributed by atoms with Crippen molar-refractivity contribution in [1.82, 2.24) is 25.1 Å². The van der Waals surface area contributed by atoms with Crippen molar-refractivity contribution in [3.05, 3.63) is 54.1 Å². The van der Waals surface area contributed by atoms with E-state index in [4.69, 9.17) is 5.41 Å². The van der Waals surface area contributed by atoms with Gasteiger partial charge in [-0.3, -0.25) is 19.3 Å². The number of aryl methyl sites for hydroxylation is 1. The standard InChI is InChI=1S/C25H29N9O2/c1-34-16-21(23(33-34)25(36)29-13-12-27-10-3-9-26)32-24(35)20-5-2-4-19(31-20)18-8-11-28-22(14-18)30-15-17-6-7-17/h2,4-5,8-11,14,16-17,26H,3,6-7,12-13,15H2,1H3,(H,28,30)(H,29,36)(H,32,35). The summed E-state index contributed by atoms with van der Waals surface area (Å²) in [6.07, 6.45) is 9.12. The highest BCUT2D eigenvalue weighted by Crippen LogP contribution is 2.29. The van der Waals surface area contributed by atoms with E-state index in [1.165, 1.54) is 23.7 Å². The van der Waals surface area contributed by atoms with E-state index in [-0.39, 0.29) is 17.1 Å². The first-order chi connectivity index (χ1) is 17.5. The molecule has 1 saturated carbocycles. The Balaban J connectivity index is 1.41. The summed E-state index contributed by atoms with van der Waals surface area (Å²) in [6.45, 7) is 1.60. The van der Waals surface area contributed by atoms with Gasteiger partial charge in [0, 0.05) is 56.9 Å². The molecule has 4 rings (SSSR count). The average Bonchev–Trinajstić information content (AvgIpc) is 3.65. The number of hydrogen-bond donors (Lipinski definition) is 4. The maximum Gasteiger partial charge on any atom is 0.274 e. The van der Waals surface area contributed by atoms with E-state index in [9.17, 15) is 9.59 Å². The summed E-state index contributed by atoms with van der Waals surface area (Å²) in [5.41, 5.74) is 2.10. The lowest BCUT2D eigenvalue weighted by Gasteiger charge is -2.09. The molecule has 0 saturated heterocycles. The van der Waals surface area contributed by atoms with Crippen molar-refractivity contribution in [1.29, 1.82) is 5.41 Å². The first kappa shape index (κ1) is 24.7. The number of carbonyl (C=O) groups is 2. The quantitative estimate of drug-likeness (QED) is 0.228. The fraction of sp³-hybridized carbons (Fsp3) is 0.320. The van der Waals surface area contributed by atoms with Crippen molar-refractivity contribution in [2.24, 2.45) is 18.0 Å². The molecular weight excluding hydrogens is 458 g/mol. The van der Waals surface area contributed by atoms with Crippen LogP contribution in [-0.2, 0) is 7.05 Å². The predicted octanol–water partition coefficient (Wildman–Crippen LogP) is 2.79. The van der Waals surface area contributed by atoms with E-state index in [0.29, 0.717) is 25.2 Å². The van der Waals surface area contributed by atoms with Crippen LogP contribution in [0.2, 0.25) is 0 Å². The van der Waals surface area contributed by atoms with Crippen LogP contribution in [0.1, 0.15) is 40.2 Å². The maximum atomic E-state index is 13.0. The Morgan fingerprint density at radius 2 is 2.11 bits per heavy atom. The van der Waals surface area contributed by atoms with Gasteiger partial charge in [0.25, 0.3) is 11.8 Å². The summed E-state index contributed by atoms with van der Waals surface area (Å²) < 4.78 is 1.46. The number of hydrogen-bond acceptors (Lipinski definition) is 8. The molecule has 0 aromatic carbocycles. The summed E-state index contributed by atoms with van der Waals surface area (Å²) >= 11 is 0. The van der Waals surface area contributed by atoms with Gasteiger partial charge in [0.05, 0.1) is 17.9 Å². The normalized spacial score (nSPS) is 12.9. The van der Waals surface area contributed by atoms with Crippen LogP contribution in [0.3, 0.4) is 0 Å². The lowest BCUT2D eigenvalue weighted by atomic mass is 10.1. The van der Waals surface area contributed by atoms with Gasteiger partial charge in [-0.15, -0.1) is 0 Å². The molecule has 0 spiro atoms. The van der Waals surface area contributed by atoms with Gasteiger partial charge in [0.15, 0.2) is 5.69 Å². The van der Waals surface area contributed by atoms with Gasteiger partial charge in [0.1, 0.15) is 11.5 Å². The zero-order chi connectivity index (χ0) is 25.3. The molecule has 1 aliphatic rings. The molecule has 3 aromatic rings. The summed E-state index contributed by atoms with van der Waals surface area (Å²) in [6, 6.07) is 9.00. The topological polar surface area (TPSA) is 150 Å². The number of nitrogens with one attached hydrogen (secondary N) is 4. The van der Waals surface area contributed by atoms with Gasteiger partial charge in [0.2, 0.25) is 0 Å². The van der Waals surface area contributed by atoms with E-state index in [1.54, 1.807) is 37.8 Å². The maximum absolute atomic E-state index is 13.0. The Hall–Kier alpha value is -4.41. The second kappa shape index (κ2) is 11.8. The van der Waals surface area contributed by atoms with E-state index < -0.39 is 11.8 Å². The van der Waals surface area contributed by atoms with Crippen LogP contribution in [0.15, 0.2) is 47.7 Å². The highest BCUT2D eigenvalue weighted by molar-refractivity contribution is 6.07. The van der Waals surface area contributed by atoms with Crippen LogP contribution in [0.25, 0.3) is 11.3 Å². The number of pyridine rings is 2. The fourth-order valence-corrected chi connectivity index (χ4v) is 3.45. The molecule has 0 unspecified atom stereocenters.